The number of hydrogen-bond acceptors (Lipinski definition) is 4. The van der Waals surface area contributed by atoms with E-state index >= 15 is 0 Å². The van der Waals surface area contributed by atoms with Gasteiger partial charge in [-0.15, -0.1) is 0 Å². The number of methoxy groups -OCH3 is 2. The largest absolute Gasteiger partial charge is 0.493 e. The summed E-state index contributed by atoms with van der Waals surface area (Å²) in [6.07, 6.45) is 0. The summed E-state index contributed by atoms with van der Waals surface area (Å²) in [6.45, 7) is 5.04. The molecule has 2 N–H and O–H groups in total. The summed E-state index contributed by atoms with van der Waals surface area (Å²) < 4.78 is 10.5. The Hall–Kier alpha value is -3.02. The van der Waals surface area contributed by atoms with Crippen LogP contribution in [-0.2, 0) is 6.54 Å². The van der Waals surface area contributed by atoms with Gasteiger partial charge in [0.2, 0.25) is 0 Å². The molecule has 0 radical (unpaired) electrons. The van der Waals surface area contributed by atoms with Crippen LogP contribution in [0.4, 0.5) is 0 Å². The highest BCUT2D eigenvalue weighted by Gasteiger charge is 2.10. The van der Waals surface area contributed by atoms with Gasteiger partial charge in [-0.3, -0.25) is 9.59 Å². The van der Waals surface area contributed by atoms with Crippen molar-refractivity contribution in [2.75, 3.05) is 20.8 Å². The van der Waals surface area contributed by atoms with Crippen molar-refractivity contribution < 1.29 is 19.1 Å². The Kier molecular flexibility index (Phi) is 7.23. The zero-order valence-electron chi connectivity index (χ0n) is 16.2. The Bertz CT molecular complexity index is 785. The number of hydrogen-bond donors (Lipinski definition) is 2. The summed E-state index contributed by atoms with van der Waals surface area (Å²) in [6, 6.07) is 12.1. The lowest BCUT2D eigenvalue weighted by atomic mass is 10.1. The van der Waals surface area contributed by atoms with Gasteiger partial charge in [-0.1, -0.05) is 19.9 Å². The summed E-state index contributed by atoms with van der Waals surface area (Å²) in [5.41, 5.74) is 1.92. The zero-order chi connectivity index (χ0) is 19.8. The standard InChI is InChI=1S/C21H26N2O4/c1-14(2)12-22-20(24)16-6-8-17(9-7-16)21(25)23-13-15-5-10-18(26-3)19(11-15)27-4/h5-11,14H,12-13H2,1-4H3,(H,22,24)(H,23,25). The molecule has 0 spiro atoms. The van der Waals surface area contributed by atoms with Gasteiger partial charge in [0.1, 0.15) is 0 Å². The molecule has 0 unspecified atom stereocenters. The third-order valence-electron chi connectivity index (χ3n) is 3.98. The maximum atomic E-state index is 12.3. The normalized spacial score (nSPS) is 10.4. The molecule has 6 nitrogen and oxygen atoms in total. The molecule has 0 aromatic heterocycles. The van der Waals surface area contributed by atoms with Crippen LogP contribution >= 0.6 is 0 Å². The number of carbonyl (C=O) groups is 2. The summed E-state index contributed by atoms with van der Waals surface area (Å²) >= 11 is 0. The third kappa shape index (κ3) is 5.74. The minimum atomic E-state index is -0.209. The van der Waals surface area contributed by atoms with E-state index in [1.807, 2.05) is 26.0 Å². The molecule has 0 heterocycles. The van der Waals surface area contributed by atoms with Crippen molar-refractivity contribution in [3.8, 4) is 11.5 Å². The van der Waals surface area contributed by atoms with Crippen molar-refractivity contribution in [3.05, 3.63) is 59.2 Å². The predicted molar refractivity (Wildman–Crippen MR) is 104 cm³/mol. The minimum absolute atomic E-state index is 0.138. The fourth-order valence-electron chi connectivity index (χ4n) is 2.45. The van der Waals surface area contributed by atoms with Gasteiger partial charge < -0.3 is 20.1 Å². The molecule has 0 aliphatic rings. The van der Waals surface area contributed by atoms with Crippen LogP contribution in [0.25, 0.3) is 0 Å². The van der Waals surface area contributed by atoms with Gasteiger partial charge >= 0.3 is 0 Å². The Morgan fingerprint density at radius 1 is 0.852 bits per heavy atom. The van der Waals surface area contributed by atoms with Crippen molar-refractivity contribution in [2.45, 2.75) is 20.4 Å². The van der Waals surface area contributed by atoms with E-state index in [0.29, 0.717) is 41.6 Å². The van der Waals surface area contributed by atoms with E-state index in [2.05, 4.69) is 10.6 Å². The first-order valence-corrected chi connectivity index (χ1v) is 8.82. The summed E-state index contributed by atoms with van der Waals surface area (Å²) in [4.78, 5) is 24.3. The molecule has 0 fully saturated rings. The van der Waals surface area contributed by atoms with E-state index < -0.39 is 0 Å². The van der Waals surface area contributed by atoms with E-state index in [1.54, 1.807) is 44.6 Å². The third-order valence-corrected chi connectivity index (χ3v) is 3.98. The van der Waals surface area contributed by atoms with Crippen LogP contribution in [0, 0.1) is 5.92 Å². The first-order valence-electron chi connectivity index (χ1n) is 8.82. The fourth-order valence-corrected chi connectivity index (χ4v) is 2.45. The number of carbonyl (C=O) groups excluding carboxylic acids is 2. The lowest BCUT2D eigenvalue weighted by molar-refractivity contribution is 0.0938. The van der Waals surface area contributed by atoms with Crippen molar-refractivity contribution in [3.63, 3.8) is 0 Å². The molecule has 2 amide bonds. The molecule has 2 aromatic carbocycles. The summed E-state index contributed by atoms with van der Waals surface area (Å²) in [5.74, 6) is 1.29. The van der Waals surface area contributed by atoms with Crippen LogP contribution in [0.15, 0.2) is 42.5 Å². The summed E-state index contributed by atoms with van der Waals surface area (Å²) in [5, 5.41) is 5.71. The Labute approximate surface area is 159 Å². The number of benzene rings is 2. The zero-order valence-corrected chi connectivity index (χ0v) is 16.2. The van der Waals surface area contributed by atoms with E-state index in [1.165, 1.54) is 0 Å². The highest BCUT2D eigenvalue weighted by atomic mass is 16.5. The van der Waals surface area contributed by atoms with E-state index in [4.69, 9.17) is 9.47 Å². The first-order chi connectivity index (χ1) is 12.9. The first kappa shape index (κ1) is 20.3. The van der Waals surface area contributed by atoms with Gasteiger partial charge in [-0.2, -0.15) is 0 Å². The van der Waals surface area contributed by atoms with Crippen molar-refractivity contribution in [2.24, 2.45) is 5.92 Å². The van der Waals surface area contributed by atoms with Gasteiger partial charge in [0, 0.05) is 24.2 Å². The van der Waals surface area contributed by atoms with Gasteiger partial charge in [-0.05, 0) is 47.9 Å². The molecule has 0 atom stereocenters. The minimum Gasteiger partial charge on any atom is -0.493 e. The van der Waals surface area contributed by atoms with Crippen LogP contribution in [0.3, 0.4) is 0 Å². The van der Waals surface area contributed by atoms with E-state index in [9.17, 15) is 9.59 Å². The van der Waals surface area contributed by atoms with Crippen LogP contribution in [-0.4, -0.2) is 32.6 Å². The Morgan fingerprint density at radius 2 is 1.41 bits per heavy atom. The maximum absolute atomic E-state index is 12.3. The molecule has 144 valence electrons. The molecular formula is C21H26N2O4. The quantitative estimate of drug-likeness (QED) is 0.749. The van der Waals surface area contributed by atoms with Gasteiger partial charge in [0.05, 0.1) is 14.2 Å². The fraction of sp³-hybridized carbons (Fsp3) is 0.333. The van der Waals surface area contributed by atoms with Gasteiger partial charge in [0.15, 0.2) is 11.5 Å². The molecule has 0 aliphatic carbocycles. The Balaban J connectivity index is 1.95. The van der Waals surface area contributed by atoms with Gasteiger partial charge in [0.25, 0.3) is 11.8 Å². The smallest absolute Gasteiger partial charge is 0.251 e. The summed E-state index contributed by atoms with van der Waals surface area (Å²) in [7, 11) is 3.14. The van der Waals surface area contributed by atoms with Crippen LogP contribution < -0.4 is 20.1 Å². The maximum Gasteiger partial charge on any atom is 0.251 e. The second kappa shape index (κ2) is 9.62. The topological polar surface area (TPSA) is 76.7 Å². The second-order valence-electron chi connectivity index (χ2n) is 6.55. The molecule has 2 rings (SSSR count). The molecule has 0 saturated carbocycles. The number of nitrogens with one attached hydrogen (secondary N) is 2. The number of amides is 2. The van der Waals surface area contributed by atoms with Crippen molar-refractivity contribution >= 4 is 11.8 Å². The van der Waals surface area contributed by atoms with Crippen LogP contribution in [0.1, 0.15) is 40.1 Å². The Morgan fingerprint density at radius 3 is 1.93 bits per heavy atom. The molecule has 0 saturated heterocycles. The van der Waals surface area contributed by atoms with Crippen molar-refractivity contribution in [1.29, 1.82) is 0 Å². The highest BCUT2D eigenvalue weighted by Crippen LogP contribution is 2.27. The molecule has 27 heavy (non-hydrogen) atoms. The monoisotopic (exact) mass is 370 g/mol. The van der Waals surface area contributed by atoms with Crippen molar-refractivity contribution in [1.82, 2.24) is 10.6 Å². The lowest BCUT2D eigenvalue weighted by Crippen LogP contribution is -2.27. The molecule has 0 aliphatic heterocycles. The molecule has 2 aromatic rings. The molecule has 6 heteroatoms. The highest BCUT2D eigenvalue weighted by molar-refractivity contribution is 5.97. The van der Waals surface area contributed by atoms with Gasteiger partial charge in [-0.25, -0.2) is 0 Å². The molecule has 0 bridgehead atoms. The lowest BCUT2D eigenvalue weighted by Gasteiger charge is -2.11. The SMILES string of the molecule is COc1ccc(CNC(=O)c2ccc(C(=O)NCC(C)C)cc2)cc1OC. The average Bonchev–Trinajstić information content (AvgIpc) is 2.69. The number of ether oxygens (including phenoxy) is 2. The second-order valence-corrected chi connectivity index (χ2v) is 6.55. The number of rotatable bonds is 8. The van der Waals surface area contributed by atoms with E-state index in [-0.39, 0.29) is 11.8 Å². The van der Waals surface area contributed by atoms with E-state index in [0.717, 1.165) is 5.56 Å². The van der Waals surface area contributed by atoms with Crippen LogP contribution in [0.5, 0.6) is 11.5 Å². The average molecular weight is 370 g/mol. The van der Waals surface area contributed by atoms with Crippen LogP contribution in [0.2, 0.25) is 0 Å². The molecular weight excluding hydrogens is 344 g/mol. The predicted octanol–water partition coefficient (Wildman–Crippen LogP) is 3.02.